The van der Waals surface area contributed by atoms with E-state index >= 15 is 0 Å². The minimum atomic E-state index is -3.29. The van der Waals surface area contributed by atoms with Gasteiger partial charge in [-0.25, -0.2) is 13.1 Å². The number of sulfonamides is 1. The molecule has 7 heteroatoms. The SMILES string of the molecule is CC(C)(C)S(=O)(=O)N[C@H]1CC[C@H](CNc2cccc(C(N)=O)c2)CC1. The van der Waals surface area contributed by atoms with Gasteiger partial charge in [-0.2, -0.15) is 0 Å². The van der Waals surface area contributed by atoms with E-state index in [2.05, 4.69) is 10.0 Å². The summed E-state index contributed by atoms with van der Waals surface area (Å²) in [6.45, 7) is 5.95. The van der Waals surface area contributed by atoms with Crippen LogP contribution in [0.15, 0.2) is 24.3 Å². The fourth-order valence-corrected chi connectivity index (χ4v) is 3.95. The van der Waals surface area contributed by atoms with Crippen molar-refractivity contribution in [3.8, 4) is 0 Å². The number of carbonyl (C=O) groups excluding carboxylic acids is 1. The molecule has 0 saturated heterocycles. The highest BCUT2D eigenvalue weighted by molar-refractivity contribution is 7.90. The second-order valence-corrected chi connectivity index (χ2v) is 10.2. The minimum Gasteiger partial charge on any atom is -0.385 e. The summed E-state index contributed by atoms with van der Waals surface area (Å²) in [6.07, 6.45) is 3.64. The monoisotopic (exact) mass is 367 g/mol. The number of nitrogens with one attached hydrogen (secondary N) is 2. The molecule has 0 heterocycles. The summed E-state index contributed by atoms with van der Waals surface area (Å²) in [4.78, 5) is 11.2. The van der Waals surface area contributed by atoms with Crippen LogP contribution in [0.2, 0.25) is 0 Å². The smallest absolute Gasteiger partial charge is 0.248 e. The summed E-state index contributed by atoms with van der Waals surface area (Å²) in [5.41, 5.74) is 6.67. The zero-order valence-electron chi connectivity index (χ0n) is 15.2. The van der Waals surface area contributed by atoms with Gasteiger partial charge in [0, 0.05) is 23.8 Å². The van der Waals surface area contributed by atoms with Crippen molar-refractivity contribution in [3.05, 3.63) is 29.8 Å². The summed E-state index contributed by atoms with van der Waals surface area (Å²) in [6, 6.07) is 7.19. The summed E-state index contributed by atoms with van der Waals surface area (Å²) in [5, 5.41) is 3.35. The van der Waals surface area contributed by atoms with E-state index in [0.29, 0.717) is 11.5 Å². The van der Waals surface area contributed by atoms with Crippen molar-refractivity contribution in [2.45, 2.75) is 57.2 Å². The number of carbonyl (C=O) groups is 1. The van der Waals surface area contributed by atoms with Crippen LogP contribution in [0.1, 0.15) is 56.8 Å². The molecule has 1 fully saturated rings. The van der Waals surface area contributed by atoms with Gasteiger partial charge in [-0.15, -0.1) is 0 Å². The lowest BCUT2D eigenvalue weighted by Crippen LogP contribution is -2.46. The number of hydrogen-bond acceptors (Lipinski definition) is 4. The Kier molecular flexibility index (Phi) is 6.11. The van der Waals surface area contributed by atoms with E-state index in [-0.39, 0.29) is 6.04 Å². The number of amides is 1. The van der Waals surface area contributed by atoms with Crippen LogP contribution < -0.4 is 15.8 Å². The number of anilines is 1. The van der Waals surface area contributed by atoms with Gasteiger partial charge in [-0.3, -0.25) is 4.79 Å². The Morgan fingerprint density at radius 3 is 2.40 bits per heavy atom. The third-order valence-electron chi connectivity index (χ3n) is 4.72. The fraction of sp³-hybridized carbons (Fsp3) is 0.611. The molecule has 4 N–H and O–H groups in total. The van der Waals surface area contributed by atoms with Crippen LogP contribution >= 0.6 is 0 Å². The normalized spacial score (nSPS) is 21.7. The second kappa shape index (κ2) is 7.74. The number of nitrogens with two attached hydrogens (primary N) is 1. The third kappa shape index (κ3) is 5.44. The van der Waals surface area contributed by atoms with E-state index in [9.17, 15) is 13.2 Å². The average molecular weight is 368 g/mol. The van der Waals surface area contributed by atoms with Gasteiger partial charge in [0.1, 0.15) is 0 Å². The molecule has 1 aromatic rings. The lowest BCUT2D eigenvalue weighted by Gasteiger charge is -2.31. The van der Waals surface area contributed by atoms with Gasteiger partial charge in [-0.05, 0) is 70.6 Å². The standard InChI is InChI=1S/C18H29N3O3S/c1-18(2,3)25(23,24)21-15-9-7-13(8-10-15)12-20-16-6-4-5-14(11-16)17(19)22/h4-6,11,13,15,20-21H,7-10,12H2,1-3H3,(H2,19,22)/t13-,15-. The first-order chi connectivity index (χ1) is 11.6. The predicted molar refractivity (Wildman–Crippen MR) is 101 cm³/mol. The van der Waals surface area contributed by atoms with Gasteiger partial charge in [0.25, 0.3) is 0 Å². The highest BCUT2D eigenvalue weighted by atomic mass is 32.2. The van der Waals surface area contributed by atoms with Gasteiger partial charge in [0.05, 0.1) is 4.75 Å². The highest BCUT2D eigenvalue weighted by Crippen LogP contribution is 2.26. The maximum atomic E-state index is 12.2. The number of hydrogen-bond donors (Lipinski definition) is 3. The molecule has 1 aliphatic carbocycles. The molecule has 2 rings (SSSR count). The molecule has 0 spiro atoms. The quantitative estimate of drug-likeness (QED) is 0.719. The Hall–Kier alpha value is -1.60. The van der Waals surface area contributed by atoms with E-state index in [1.807, 2.05) is 6.07 Å². The van der Waals surface area contributed by atoms with E-state index in [4.69, 9.17) is 5.73 Å². The van der Waals surface area contributed by atoms with Crippen molar-refractivity contribution in [1.29, 1.82) is 0 Å². The Morgan fingerprint density at radius 2 is 1.84 bits per heavy atom. The molecule has 25 heavy (non-hydrogen) atoms. The molecule has 0 unspecified atom stereocenters. The molecule has 0 bridgehead atoms. The van der Waals surface area contributed by atoms with E-state index in [0.717, 1.165) is 37.9 Å². The molecule has 6 nitrogen and oxygen atoms in total. The lowest BCUT2D eigenvalue weighted by molar-refractivity contribution is 0.100. The zero-order valence-corrected chi connectivity index (χ0v) is 16.0. The van der Waals surface area contributed by atoms with Gasteiger partial charge in [-0.1, -0.05) is 6.07 Å². The van der Waals surface area contributed by atoms with Gasteiger partial charge < -0.3 is 11.1 Å². The van der Waals surface area contributed by atoms with Crippen molar-refractivity contribution in [3.63, 3.8) is 0 Å². The molecule has 1 aromatic carbocycles. The summed E-state index contributed by atoms with van der Waals surface area (Å²) in [7, 11) is -3.29. The molecule has 0 radical (unpaired) electrons. The largest absolute Gasteiger partial charge is 0.385 e. The van der Waals surface area contributed by atoms with E-state index in [1.54, 1.807) is 39.0 Å². The van der Waals surface area contributed by atoms with Gasteiger partial charge in [0.15, 0.2) is 0 Å². The predicted octanol–water partition coefficient (Wildman–Crippen LogP) is 2.47. The van der Waals surface area contributed by atoms with Gasteiger partial charge >= 0.3 is 0 Å². The first-order valence-corrected chi connectivity index (χ1v) is 10.2. The summed E-state index contributed by atoms with van der Waals surface area (Å²) in [5.74, 6) is 0.0583. The van der Waals surface area contributed by atoms with Crippen LogP contribution in [0.4, 0.5) is 5.69 Å². The molecular weight excluding hydrogens is 338 g/mol. The Morgan fingerprint density at radius 1 is 1.20 bits per heavy atom. The van der Waals surface area contributed by atoms with Crippen LogP contribution in [-0.2, 0) is 10.0 Å². The van der Waals surface area contributed by atoms with Crippen LogP contribution in [0.25, 0.3) is 0 Å². The van der Waals surface area contributed by atoms with Crippen LogP contribution in [-0.4, -0.2) is 31.7 Å². The lowest BCUT2D eigenvalue weighted by atomic mass is 9.86. The molecule has 1 saturated carbocycles. The third-order valence-corrected chi connectivity index (χ3v) is 6.97. The summed E-state index contributed by atoms with van der Waals surface area (Å²) < 4.78 is 26.5. The topological polar surface area (TPSA) is 101 Å². The molecular formula is C18H29N3O3S. The summed E-state index contributed by atoms with van der Waals surface area (Å²) >= 11 is 0. The minimum absolute atomic E-state index is 0.0265. The van der Waals surface area contributed by atoms with Crippen molar-refractivity contribution >= 4 is 21.6 Å². The fourth-order valence-electron chi connectivity index (χ4n) is 2.93. The van der Waals surface area contributed by atoms with Crippen LogP contribution in [0.5, 0.6) is 0 Å². The molecule has 0 atom stereocenters. The molecule has 1 aliphatic rings. The van der Waals surface area contributed by atoms with Crippen molar-refractivity contribution in [1.82, 2.24) is 4.72 Å². The maximum absolute atomic E-state index is 12.2. The molecule has 140 valence electrons. The second-order valence-electron chi connectivity index (χ2n) is 7.78. The first kappa shape index (κ1) is 19.7. The molecule has 1 amide bonds. The van der Waals surface area contributed by atoms with Crippen LogP contribution in [0.3, 0.4) is 0 Å². The number of primary amides is 1. The maximum Gasteiger partial charge on any atom is 0.248 e. The Balaban J connectivity index is 1.81. The van der Waals surface area contributed by atoms with Crippen molar-refractivity contribution in [2.24, 2.45) is 11.7 Å². The van der Waals surface area contributed by atoms with Crippen LogP contribution in [0, 0.1) is 5.92 Å². The van der Waals surface area contributed by atoms with E-state index < -0.39 is 20.7 Å². The Bertz CT molecular complexity index is 703. The Labute approximate surface area is 150 Å². The molecule has 0 aliphatic heterocycles. The van der Waals surface area contributed by atoms with Gasteiger partial charge in [0.2, 0.25) is 15.9 Å². The number of benzene rings is 1. The molecule has 0 aromatic heterocycles. The first-order valence-electron chi connectivity index (χ1n) is 8.74. The number of rotatable bonds is 6. The van der Waals surface area contributed by atoms with E-state index in [1.165, 1.54) is 0 Å². The highest BCUT2D eigenvalue weighted by Gasteiger charge is 2.32. The van der Waals surface area contributed by atoms with Crippen molar-refractivity contribution in [2.75, 3.05) is 11.9 Å². The zero-order chi connectivity index (χ0) is 18.7. The van der Waals surface area contributed by atoms with Crippen molar-refractivity contribution < 1.29 is 13.2 Å². The average Bonchev–Trinajstić information content (AvgIpc) is 2.53.